The fraction of sp³-hybridized carbons (Fsp3) is 0. The number of rotatable bonds is 5. The second kappa shape index (κ2) is 11.7. The van der Waals surface area contributed by atoms with Gasteiger partial charge in [0.05, 0.1) is 16.6 Å². The Kier molecular flexibility index (Phi) is 6.77. The molecule has 0 saturated heterocycles. The van der Waals surface area contributed by atoms with E-state index >= 15 is 0 Å². The molecule has 51 heavy (non-hydrogen) atoms. The fourth-order valence-corrected chi connectivity index (χ4v) is 10.4. The van der Waals surface area contributed by atoms with Crippen LogP contribution in [-0.4, -0.2) is 9.38 Å². The van der Waals surface area contributed by atoms with Gasteiger partial charge in [-0.3, -0.25) is 4.40 Å². The van der Waals surface area contributed by atoms with Crippen molar-refractivity contribution in [3.8, 4) is 22.3 Å². The molecule has 0 aliphatic rings. The van der Waals surface area contributed by atoms with Crippen LogP contribution in [0, 0.1) is 0 Å². The van der Waals surface area contributed by atoms with Crippen molar-refractivity contribution in [2.24, 2.45) is 0 Å². The maximum atomic E-state index is 15.0. The molecule has 2 heterocycles. The normalized spacial score (nSPS) is 12.0. The first kappa shape index (κ1) is 29.6. The van der Waals surface area contributed by atoms with Gasteiger partial charge in [0.1, 0.15) is 5.65 Å². The van der Waals surface area contributed by atoms with Crippen LogP contribution < -0.4 is 15.9 Å². The predicted molar refractivity (Wildman–Crippen MR) is 215 cm³/mol. The van der Waals surface area contributed by atoms with E-state index in [9.17, 15) is 4.57 Å². The summed E-state index contributed by atoms with van der Waals surface area (Å²) in [5.41, 5.74) is 8.88. The lowest BCUT2D eigenvalue weighted by Gasteiger charge is -2.20. The van der Waals surface area contributed by atoms with Crippen molar-refractivity contribution in [3.05, 3.63) is 188 Å². The van der Waals surface area contributed by atoms with E-state index in [2.05, 4.69) is 120 Å². The Hall–Kier alpha value is -6.28. The minimum absolute atomic E-state index is 0.840. The number of hydrogen-bond acceptors (Lipinski definition) is 2. The second-order valence-corrected chi connectivity index (χ2v) is 15.9. The number of benzene rings is 8. The van der Waals surface area contributed by atoms with Gasteiger partial charge in [-0.2, -0.15) is 0 Å². The van der Waals surface area contributed by atoms with Gasteiger partial charge >= 0.3 is 0 Å². The third kappa shape index (κ3) is 4.74. The molecule has 0 fully saturated rings. The van der Waals surface area contributed by atoms with Crippen LogP contribution in [0.25, 0.3) is 71.4 Å². The first-order chi connectivity index (χ1) is 25.1. The number of para-hydroxylation sites is 2. The first-order valence-corrected chi connectivity index (χ1v) is 18.9. The van der Waals surface area contributed by atoms with Gasteiger partial charge in [0.2, 0.25) is 0 Å². The summed E-state index contributed by atoms with van der Waals surface area (Å²) in [4.78, 5) is 5.03. The number of pyridine rings is 1. The van der Waals surface area contributed by atoms with E-state index in [0.717, 1.165) is 71.0 Å². The Morgan fingerprint density at radius 3 is 1.75 bits per heavy atom. The molecule has 0 aliphatic heterocycles. The average molecular weight is 671 g/mol. The van der Waals surface area contributed by atoms with Gasteiger partial charge < -0.3 is 4.57 Å². The van der Waals surface area contributed by atoms with Crippen LogP contribution in [0.1, 0.15) is 0 Å². The molecule has 0 unspecified atom stereocenters. The van der Waals surface area contributed by atoms with Gasteiger partial charge in [-0.05, 0) is 80.9 Å². The van der Waals surface area contributed by atoms with Crippen LogP contribution in [0.2, 0.25) is 0 Å². The molecular formula is C47H31N2OP. The highest BCUT2D eigenvalue weighted by Crippen LogP contribution is 2.43. The number of fused-ring (bicyclic) bond motifs is 9. The standard InChI is InChI=1S/C47H31N2OP/c50-51(38-14-3-1-4-15-38,39-16-5-2-6-17-39)40-26-24-35-29-34(22-23-36(35)30-40)32-12-11-13-33(28-32)37-25-27-45-43(31-37)41-18-7-8-19-42(41)47-48-44-20-9-10-21-46(44)49(45)47/h1-31H. The molecule has 10 aromatic rings. The summed E-state index contributed by atoms with van der Waals surface area (Å²) in [6.45, 7) is 0. The van der Waals surface area contributed by atoms with Gasteiger partial charge in [-0.25, -0.2) is 4.98 Å². The van der Waals surface area contributed by atoms with Crippen LogP contribution in [0.3, 0.4) is 0 Å². The third-order valence-corrected chi connectivity index (χ3v) is 13.3. The Labute approximate surface area is 295 Å². The van der Waals surface area contributed by atoms with Crippen LogP contribution in [-0.2, 0) is 4.57 Å². The minimum Gasteiger partial charge on any atom is -0.309 e. The molecule has 10 rings (SSSR count). The first-order valence-electron chi connectivity index (χ1n) is 17.2. The molecule has 0 atom stereocenters. The summed E-state index contributed by atoms with van der Waals surface area (Å²) >= 11 is 0. The highest BCUT2D eigenvalue weighted by Gasteiger charge is 2.29. The van der Waals surface area contributed by atoms with Crippen molar-refractivity contribution in [2.45, 2.75) is 0 Å². The average Bonchev–Trinajstić information content (AvgIpc) is 3.61. The van der Waals surface area contributed by atoms with Crippen LogP contribution in [0.5, 0.6) is 0 Å². The molecule has 4 heteroatoms. The Morgan fingerprint density at radius 2 is 0.980 bits per heavy atom. The van der Waals surface area contributed by atoms with Gasteiger partial charge in [0.15, 0.2) is 7.14 Å². The molecule has 240 valence electrons. The van der Waals surface area contributed by atoms with E-state index in [1.165, 1.54) is 16.3 Å². The van der Waals surface area contributed by atoms with E-state index in [-0.39, 0.29) is 0 Å². The maximum absolute atomic E-state index is 15.0. The van der Waals surface area contributed by atoms with Gasteiger partial charge in [-0.1, -0.05) is 146 Å². The van der Waals surface area contributed by atoms with Crippen molar-refractivity contribution in [3.63, 3.8) is 0 Å². The van der Waals surface area contributed by atoms with Crippen molar-refractivity contribution in [1.82, 2.24) is 9.38 Å². The predicted octanol–water partition coefficient (Wildman–Crippen LogP) is 10.9. The molecule has 0 saturated carbocycles. The van der Waals surface area contributed by atoms with Gasteiger partial charge in [0, 0.05) is 26.7 Å². The van der Waals surface area contributed by atoms with Crippen LogP contribution in [0.15, 0.2) is 188 Å². The fourth-order valence-electron chi connectivity index (χ4n) is 7.70. The Balaban J connectivity index is 1.06. The highest BCUT2D eigenvalue weighted by atomic mass is 31.2. The van der Waals surface area contributed by atoms with Crippen molar-refractivity contribution in [2.75, 3.05) is 0 Å². The molecule has 0 bridgehead atoms. The van der Waals surface area contributed by atoms with Crippen molar-refractivity contribution < 1.29 is 4.57 Å². The topological polar surface area (TPSA) is 34.4 Å². The molecule has 2 aromatic heterocycles. The molecule has 0 aliphatic carbocycles. The minimum atomic E-state index is -3.05. The van der Waals surface area contributed by atoms with E-state index in [1.807, 2.05) is 72.8 Å². The summed E-state index contributed by atoms with van der Waals surface area (Å²) in [5, 5.41) is 8.26. The molecule has 3 nitrogen and oxygen atoms in total. The molecular weight excluding hydrogens is 640 g/mol. The van der Waals surface area contributed by atoms with E-state index < -0.39 is 7.14 Å². The third-order valence-electron chi connectivity index (χ3n) is 10.2. The van der Waals surface area contributed by atoms with Crippen molar-refractivity contribution in [1.29, 1.82) is 0 Å². The quantitative estimate of drug-likeness (QED) is 0.135. The molecule has 0 amide bonds. The lowest BCUT2D eigenvalue weighted by Crippen LogP contribution is -2.24. The molecule has 0 radical (unpaired) electrons. The SMILES string of the molecule is O=P(c1ccccc1)(c1ccccc1)c1ccc2cc(-c3cccc(-c4ccc5c(c4)c4ccccc4c4nc6ccccc6n54)c3)ccc2c1. The largest absolute Gasteiger partial charge is 0.309 e. The number of aromatic nitrogens is 2. The highest BCUT2D eigenvalue weighted by molar-refractivity contribution is 7.85. The Morgan fingerprint density at radius 1 is 0.392 bits per heavy atom. The van der Waals surface area contributed by atoms with E-state index in [4.69, 9.17) is 4.98 Å². The zero-order chi connectivity index (χ0) is 33.9. The second-order valence-electron chi connectivity index (χ2n) is 13.1. The summed E-state index contributed by atoms with van der Waals surface area (Å²) < 4.78 is 17.3. The number of hydrogen-bond donors (Lipinski definition) is 0. The summed E-state index contributed by atoms with van der Waals surface area (Å²) in [6.07, 6.45) is 0. The number of imidazole rings is 1. The van der Waals surface area contributed by atoms with E-state index in [0.29, 0.717) is 0 Å². The summed E-state index contributed by atoms with van der Waals surface area (Å²) in [7, 11) is -3.05. The monoisotopic (exact) mass is 670 g/mol. The van der Waals surface area contributed by atoms with Crippen LogP contribution in [0.4, 0.5) is 0 Å². The zero-order valence-corrected chi connectivity index (χ0v) is 28.5. The van der Waals surface area contributed by atoms with E-state index in [1.54, 1.807) is 0 Å². The molecule has 0 spiro atoms. The summed E-state index contributed by atoms with van der Waals surface area (Å²) in [6, 6.07) is 65.1. The van der Waals surface area contributed by atoms with Crippen LogP contribution >= 0.6 is 7.14 Å². The summed E-state index contributed by atoms with van der Waals surface area (Å²) in [5.74, 6) is 0. The maximum Gasteiger partial charge on any atom is 0.171 e. The lowest BCUT2D eigenvalue weighted by molar-refractivity contribution is 0.592. The lowest BCUT2D eigenvalue weighted by atomic mass is 9.96. The smallest absolute Gasteiger partial charge is 0.171 e. The molecule has 0 N–H and O–H groups in total. The Bertz CT molecular complexity index is 2960. The van der Waals surface area contributed by atoms with Crippen molar-refractivity contribution >= 4 is 72.2 Å². The number of nitrogens with zero attached hydrogens (tertiary/aromatic N) is 2. The molecule has 8 aromatic carbocycles. The van der Waals surface area contributed by atoms with Gasteiger partial charge in [-0.15, -0.1) is 0 Å². The van der Waals surface area contributed by atoms with Gasteiger partial charge in [0.25, 0.3) is 0 Å². The zero-order valence-electron chi connectivity index (χ0n) is 27.6.